The topological polar surface area (TPSA) is 46.4 Å². The number of aliphatic imine (C=N–C) groups is 2. The fourth-order valence-corrected chi connectivity index (χ4v) is 2.86. The number of rotatable bonds is 8. The van der Waals surface area contributed by atoms with Gasteiger partial charge in [-0.05, 0) is 37.7 Å². The Bertz CT molecular complexity index is 638. The molecule has 1 atom stereocenters. The molecule has 0 aliphatic heterocycles. The highest BCUT2D eigenvalue weighted by atomic mass is 32.2. The summed E-state index contributed by atoms with van der Waals surface area (Å²) >= 11 is 5.59. The zero-order valence-corrected chi connectivity index (χ0v) is 16.6. The highest BCUT2D eigenvalue weighted by Gasteiger charge is 2.10. The number of hydrogen-bond donors (Lipinski definition) is 1. The first-order valence-corrected chi connectivity index (χ1v) is 8.90. The van der Waals surface area contributed by atoms with E-state index in [9.17, 15) is 4.39 Å². The third-order valence-corrected chi connectivity index (χ3v) is 4.33. The van der Waals surface area contributed by atoms with Gasteiger partial charge in [-0.1, -0.05) is 24.4 Å². The molecule has 5 nitrogen and oxygen atoms in total. The molecule has 25 heavy (non-hydrogen) atoms. The van der Waals surface area contributed by atoms with Gasteiger partial charge in [0.2, 0.25) is 0 Å². The number of methoxy groups -OCH3 is 1. The van der Waals surface area contributed by atoms with Crippen LogP contribution in [-0.4, -0.2) is 41.4 Å². The van der Waals surface area contributed by atoms with Gasteiger partial charge >= 0.3 is 0 Å². The van der Waals surface area contributed by atoms with E-state index in [0.29, 0.717) is 18.4 Å². The smallest absolute Gasteiger partial charge is 0.180 e. The fraction of sp³-hybridized carbons (Fsp3) is 0.412. The summed E-state index contributed by atoms with van der Waals surface area (Å²) in [6.07, 6.45) is 1.66. The number of nitrogens with zero attached hydrogens (tertiary/aromatic N) is 3. The predicted octanol–water partition coefficient (Wildman–Crippen LogP) is 4.17. The van der Waals surface area contributed by atoms with Crippen LogP contribution in [0.4, 0.5) is 4.39 Å². The number of ether oxygens (including phenoxy) is 2. The molecule has 0 aromatic heterocycles. The molecule has 138 valence electrons. The van der Waals surface area contributed by atoms with E-state index in [1.165, 1.54) is 24.9 Å². The van der Waals surface area contributed by atoms with E-state index in [-0.39, 0.29) is 17.0 Å². The van der Waals surface area contributed by atoms with Crippen LogP contribution in [0.15, 0.2) is 41.0 Å². The summed E-state index contributed by atoms with van der Waals surface area (Å²) in [5, 5.41) is 1.23. The first-order chi connectivity index (χ1) is 11.9. The summed E-state index contributed by atoms with van der Waals surface area (Å²) in [6, 6.07) is 4.86. The van der Waals surface area contributed by atoms with Crippen molar-refractivity contribution in [1.82, 2.24) is 4.90 Å². The van der Waals surface area contributed by atoms with E-state index >= 15 is 0 Å². The maximum atomic E-state index is 13.8. The Morgan fingerprint density at radius 1 is 1.52 bits per heavy atom. The summed E-state index contributed by atoms with van der Waals surface area (Å²) < 4.78 is 24.5. The summed E-state index contributed by atoms with van der Waals surface area (Å²) in [5.74, 6) is -0.162. The van der Waals surface area contributed by atoms with Gasteiger partial charge in [-0.2, -0.15) is 0 Å². The SMILES string of the molecule is C=CN(COC(C)S/C(C)=N/C(S)=N\C)Cc1ccc(OC)c(F)c1. The third-order valence-electron chi connectivity index (χ3n) is 3.13. The van der Waals surface area contributed by atoms with Gasteiger partial charge in [0.1, 0.15) is 12.2 Å². The first kappa shape index (κ1) is 21.5. The molecular formula is C17H24FN3O2S2. The Balaban J connectivity index is 2.55. The minimum absolute atomic E-state index is 0.114. The van der Waals surface area contributed by atoms with Crippen molar-refractivity contribution in [3.63, 3.8) is 0 Å². The molecule has 0 heterocycles. The van der Waals surface area contributed by atoms with Crippen LogP contribution in [0.2, 0.25) is 0 Å². The number of thiol groups is 1. The van der Waals surface area contributed by atoms with Crippen LogP contribution in [0.3, 0.4) is 0 Å². The van der Waals surface area contributed by atoms with Crippen molar-refractivity contribution in [3.05, 3.63) is 42.4 Å². The van der Waals surface area contributed by atoms with Crippen LogP contribution >= 0.6 is 24.4 Å². The summed E-state index contributed by atoms with van der Waals surface area (Å²) in [4.78, 5) is 9.92. The van der Waals surface area contributed by atoms with Gasteiger partial charge in [0, 0.05) is 13.6 Å². The molecule has 0 aliphatic rings. The molecule has 0 saturated heterocycles. The van der Waals surface area contributed by atoms with Crippen LogP contribution in [0.5, 0.6) is 5.75 Å². The zero-order chi connectivity index (χ0) is 18.8. The highest BCUT2D eigenvalue weighted by Crippen LogP contribution is 2.19. The van der Waals surface area contributed by atoms with Crippen molar-refractivity contribution in [1.29, 1.82) is 0 Å². The van der Waals surface area contributed by atoms with Gasteiger partial charge in [0.15, 0.2) is 16.7 Å². The third kappa shape index (κ3) is 7.94. The quantitative estimate of drug-likeness (QED) is 0.316. The number of amidine groups is 1. The van der Waals surface area contributed by atoms with Crippen molar-refractivity contribution in [3.8, 4) is 5.75 Å². The maximum absolute atomic E-state index is 13.8. The van der Waals surface area contributed by atoms with Crippen molar-refractivity contribution in [2.24, 2.45) is 9.98 Å². The lowest BCUT2D eigenvalue weighted by atomic mass is 10.2. The van der Waals surface area contributed by atoms with Crippen molar-refractivity contribution in [2.75, 3.05) is 20.9 Å². The molecule has 0 N–H and O–H groups in total. The molecule has 1 rings (SSSR count). The Morgan fingerprint density at radius 2 is 2.24 bits per heavy atom. The molecule has 0 amide bonds. The fourth-order valence-electron chi connectivity index (χ4n) is 1.90. The Morgan fingerprint density at radius 3 is 2.80 bits per heavy atom. The number of benzene rings is 1. The predicted molar refractivity (Wildman–Crippen MR) is 107 cm³/mol. The van der Waals surface area contributed by atoms with Crippen LogP contribution in [-0.2, 0) is 11.3 Å². The maximum Gasteiger partial charge on any atom is 0.180 e. The van der Waals surface area contributed by atoms with Crippen LogP contribution in [0.25, 0.3) is 0 Å². The van der Waals surface area contributed by atoms with E-state index in [0.717, 1.165) is 10.6 Å². The second-order valence-electron chi connectivity index (χ2n) is 5.03. The molecule has 0 saturated carbocycles. The molecule has 1 aromatic rings. The Kier molecular flexibility index (Phi) is 9.62. The van der Waals surface area contributed by atoms with E-state index in [4.69, 9.17) is 9.47 Å². The van der Waals surface area contributed by atoms with Crippen molar-refractivity contribution >= 4 is 34.6 Å². The van der Waals surface area contributed by atoms with Crippen LogP contribution < -0.4 is 4.74 Å². The van der Waals surface area contributed by atoms with E-state index in [1.54, 1.807) is 19.3 Å². The van der Waals surface area contributed by atoms with Crippen LogP contribution in [0, 0.1) is 5.82 Å². The summed E-state index contributed by atoms with van der Waals surface area (Å²) in [6.45, 7) is 8.39. The Hall–Kier alpha value is -1.51. The summed E-state index contributed by atoms with van der Waals surface area (Å²) in [5.41, 5.74) is 0.690. The van der Waals surface area contributed by atoms with E-state index in [1.807, 2.05) is 24.8 Å². The van der Waals surface area contributed by atoms with E-state index in [2.05, 4.69) is 29.2 Å². The molecular weight excluding hydrogens is 361 g/mol. The van der Waals surface area contributed by atoms with Gasteiger partial charge in [0.05, 0.1) is 12.2 Å². The van der Waals surface area contributed by atoms with Crippen LogP contribution in [0.1, 0.15) is 19.4 Å². The molecule has 0 spiro atoms. The molecule has 8 heteroatoms. The van der Waals surface area contributed by atoms with Gasteiger partial charge in [-0.15, -0.1) is 12.6 Å². The van der Waals surface area contributed by atoms with Crippen molar-refractivity contribution in [2.45, 2.75) is 25.8 Å². The lowest BCUT2D eigenvalue weighted by molar-refractivity contribution is 0.0430. The number of halogens is 1. The highest BCUT2D eigenvalue weighted by molar-refractivity contribution is 8.14. The average molecular weight is 386 g/mol. The molecule has 0 radical (unpaired) electrons. The monoisotopic (exact) mass is 385 g/mol. The minimum Gasteiger partial charge on any atom is -0.494 e. The Labute approximate surface area is 158 Å². The molecule has 0 aliphatic carbocycles. The molecule has 0 bridgehead atoms. The zero-order valence-electron chi connectivity index (χ0n) is 14.9. The van der Waals surface area contributed by atoms with Crippen molar-refractivity contribution < 1.29 is 13.9 Å². The number of thioether (sulfide) groups is 1. The standard InChI is InChI=1S/C17H24FN3O2S2/c1-6-21(10-14-7-8-16(22-5)15(18)9-14)11-23-13(3)25-12(2)20-17(24)19-4/h6-9,13H,1,10-11H2,2-5H3,(H,19,24)/b20-12+. The van der Waals surface area contributed by atoms with Gasteiger partial charge in [0.25, 0.3) is 0 Å². The molecule has 0 fully saturated rings. The number of hydrogen-bond acceptors (Lipinski definition) is 5. The van der Waals surface area contributed by atoms with E-state index < -0.39 is 0 Å². The second-order valence-corrected chi connectivity index (χ2v) is 6.92. The second kappa shape index (κ2) is 11.2. The van der Waals surface area contributed by atoms with Gasteiger partial charge in [-0.3, -0.25) is 4.99 Å². The normalized spacial score (nSPS) is 13.5. The lowest BCUT2D eigenvalue weighted by Crippen LogP contribution is -2.23. The van der Waals surface area contributed by atoms with Gasteiger partial charge in [-0.25, -0.2) is 9.38 Å². The lowest BCUT2D eigenvalue weighted by Gasteiger charge is -2.22. The van der Waals surface area contributed by atoms with Gasteiger partial charge < -0.3 is 14.4 Å². The minimum atomic E-state index is -0.388. The summed E-state index contributed by atoms with van der Waals surface area (Å²) in [7, 11) is 3.07. The molecule has 1 aromatic carbocycles. The average Bonchev–Trinajstić information content (AvgIpc) is 2.58. The molecule has 1 unspecified atom stereocenters. The first-order valence-electron chi connectivity index (χ1n) is 7.58. The largest absolute Gasteiger partial charge is 0.494 e.